The minimum absolute atomic E-state index is 0.0439. The molecule has 0 bridgehead atoms. The predicted octanol–water partition coefficient (Wildman–Crippen LogP) is 4.80. The number of halogens is 2. The minimum Gasteiger partial charge on any atom is -0.100 e. The summed E-state index contributed by atoms with van der Waals surface area (Å²) in [6, 6.07) is 0. The summed E-state index contributed by atoms with van der Waals surface area (Å²) in [6.45, 7) is 10.1. The van der Waals surface area contributed by atoms with Crippen molar-refractivity contribution in [2.24, 2.45) is 0 Å². The first-order valence-corrected chi connectivity index (χ1v) is 5.60. The molecule has 0 aliphatic rings. The highest BCUT2D eigenvalue weighted by atomic mass is 79.9. The third kappa shape index (κ3) is 7.11. The Bertz CT molecular complexity index is 186. The van der Waals surface area contributed by atoms with Gasteiger partial charge in [0.25, 0.3) is 0 Å². The molecule has 0 atom stereocenters. The molecule has 0 nitrogen and oxygen atoms in total. The predicted molar refractivity (Wildman–Crippen MR) is 64.1 cm³/mol. The molecule has 0 rings (SSSR count). The Hall–Kier alpha value is 0.440. The maximum absolute atomic E-state index is 3.87. The van der Waals surface area contributed by atoms with Gasteiger partial charge in [-0.05, 0) is 33.6 Å². The molecule has 70 valence electrons. The van der Waals surface area contributed by atoms with Gasteiger partial charge >= 0.3 is 0 Å². The lowest BCUT2D eigenvalue weighted by atomic mass is 10.1. The van der Waals surface area contributed by atoms with E-state index in [0.717, 1.165) is 12.8 Å². The van der Waals surface area contributed by atoms with E-state index in [2.05, 4.69) is 65.3 Å². The van der Waals surface area contributed by atoms with Gasteiger partial charge in [0, 0.05) is 0 Å². The number of rotatable bonds is 4. The van der Waals surface area contributed by atoms with Crippen molar-refractivity contribution in [1.29, 1.82) is 0 Å². The van der Waals surface area contributed by atoms with E-state index in [1.165, 1.54) is 11.1 Å². The number of hydrogen-bond acceptors (Lipinski definition) is 0. The first-order chi connectivity index (χ1) is 5.33. The summed E-state index contributed by atoms with van der Waals surface area (Å²) in [7, 11) is 0. The Morgan fingerprint density at radius 1 is 1.33 bits per heavy atom. The van der Waals surface area contributed by atoms with E-state index in [1.54, 1.807) is 0 Å². The van der Waals surface area contributed by atoms with Crippen LogP contribution in [0.4, 0.5) is 0 Å². The second-order valence-corrected chi connectivity index (χ2v) is 7.33. The number of allylic oxidation sites excluding steroid dienone is 3. The summed E-state index contributed by atoms with van der Waals surface area (Å²) in [5.74, 6) is 0. The largest absolute Gasteiger partial charge is 0.100 e. The maximum Gasteiger partial charge on any atom is 0.0989 e. The third-order valence-corrected chi connectivity index (χ3v) is 2.64. The Morgan fingerprint density at radius 3 is 2.17 bits per heavy atom. The minimum atomic E-state index is -0.0439. The highest BCUT2D eigenvalue weighted by Crippen LogP contribution is 2.35. The lowest BCUT2D eigenvalue weighted by Gasteiger charge is -2.16. The van der Waals surface area contributed by atoms with Crippen molar-refractivity contribution in [2.75, 3.05) is 0 Å². The molecule has 0 aromatic carbocycles. The van der Waals surface area contributed by atoms with Crippen molar-refractivity contribution < 1.29 is 0 Å². The molecule has 0 N–H and O–H groups in total. The van der Waals surface area contributed by atoms with Crippen LogP contribution in [0.1, 0.15) is 33.6 Å². The zero-order valence-electron chi connectivity index (χ0n) is 7.95. The third-order valence-electron chi connectivity index (χ3n) is 1.38. The van der Waals surface area contributed by atoms with E-state index in [4.69, 9.17) is 0 Å². The SMILES string of the molecule is C=C(C)CCC(Br)(Br)C=C(C)C. The van der Waals surface area contributed by atoms with Gasteiger partial charge in [-0.3, -0.25) is 0 Å². The molecule has 0 aromatic rings. The summed E-state index contributed by atoms with van der Waals surface area (Å²) in [6.07, 6.45) is 4.25. The van der Waals surface area contributed by atoms with E-state index in [1.807, 2.05) is 0 Å². The molecule has 0 aromatic heterocycles. The Labute approximate surface area is 92.4 Å². The molecule has 0 spiro atoms. The lowest BCUT2D eigenvalue weighted by molar-refractivity contribution is 0.826. The fourth-order valence-corrected chi connectivity index (χ4v) is 2.19. The lowest BCUT2D eigenvalue weighted by Crippen LogP contribution is -2.07. The average Bonchev–Trinajstić information content (AvgIpc) is 1.81. The monoisotopic (exact) mass is 294 g/mol. The van der Waals surface area contributed by atoms with Gasteiger partial charge in [-0.15, -0.1) is 6.58 Å². The Morgan fingerprint density at radius 2 is 1.83 bits per heavy atom. The normalized spacial score (nSPS) is 11.1. The molecule has 0 aliphatic heterocycles. The number of hydrogen-bond donors (Lipinski definition) is 0. The van der Waals surface area contributed by atoms with E-state index in [0.29, 0.717) is 0 Å². The second-order valence-electron chi connectivity index (χ2n) is 3.44. The average molecular weight is 296 g/mol. The van der Waals surface area contributed by atoms with Gasteiger partial charge in [0.1, 0.15) is 0 Å². The van der Waals surface area contributed by atoms with Crippen LogP contribution in [-0.4, -0.2) is 3.23 Å². The van der Waals surface area contributed by atoms with E-state index in [9.17, 15) is 0 Å². The fraction of sp³-hybridized carbons (Fsp3) is 0.600. The summed E-state index contributed by atoms with van der Waals surface area (Å²) >= 11 is 7.22. The van der Waals surface area contributed by atoms with Gasteiger partial charge in [-0.25, -0.2) is 0 Å². The molecular formula is C10H16Br2. The van der Waals surface area contributed by atoms with Crippen LogP contribution in [0.25, 0.3) is 0 Å². The van der Waals surface area contributed by atoms with E-state index >= 15 is 0 Å². The Balaban J connectivity index is 4.05. The molecule has 0 aliphatic carbocycles. The van der Waals surface area contributed by atoms with Crippen molar-refractivity contribution in [2.45, 2.75) is 36.8 Å². The summed E-state index contributed by atoms with van der Waals surface area (Å²) in [5, 5.41) is 0. The smallest absolute Gasteiger partial charge is 0.0989 e. The zero-order chi connectivity index (χ0) is 9.78. The molecule has 12 heavy (non-hydrogen) atoms. The van der Waals surface area contributed by atoms with Crippen LogP contribution >= 0.6 is 31.9 Å². The second kappa shape index (κ2) is 5.23. The maximum atomic E-state index is 3.87. The van der Waals surface area contributed by atoms with Crippen LogP contribution in [0.15, 0.2) is 23.8 Å². The molecule has 0 amide bonds. The van der Waals surface area contributed by atoms with Crippen molar-refractivity contribution in [3.63, 3.8) is 0 Å². The molecule has 0 fully saturated rings. The topological polar surface area (TPSA) is 0 Å². The van der Waals surface area contributed by atoms with E-state index in [-0.39, 0.29) is 3.23 Å². The van der Waals surface area contributed by atoms with Gasteiger partial charge in [0.2, 0.25) is 0 Å². The van der Waals surface area contributed by atoms with E-state index < -0.39 is 0 Å². The standard InChI is InChI=1S/C10H16Br2/c1-8(2)5-6-10(11,12)7-9(3)4/h7H,1,5-6H2,2-4H3. The fourth-order valence-electron chi connectivity index (χ4n) is 0.875. The van der Waals surface area contributed by atoms with Crippen LogP contribution in [-0.2, 0) is 0 Å². The van der Waals surface area contributed by atoms with Crippen molar-refractivity contribution in [3.05, 3.63) is 23.8 Å². The first kappa shape index (κ1) is 12.4. The summed E-state index contributed by atoms with van der Waals surface area (Å²) < 4.78 is -0.0439. The van der Waals surface area contributed by atoms with Crippen LogP contribution in [0.2, 0.25) is 0 Å². The van der Waals surface area contributed by atoms with Crippen LogP contribution in [0.3, 0.4) is 0 Å². The van der Waals surface area contributed by atoms with Gasteiger partial charge in [0.15, 0.2) is 0 Å². The Kier molecular flexibility index (Phi) is 5.42. The molecule has 0 radical (unpaired) electrons. The first-order valence-electron chi connectivity index (χ1n) is 4.02. The van der Waals surface area contributed by atoms with Crippen LogP contribution < -0.4 is 0 Å². The van der Waals surface area contributed by atoms with Gasteiger partial charge in [-0.2, -0.15) is 0 Å². The quantitative estimate of drug-likeness (QED) is 0.516. The van der Waals surface area contributed by atoms with Crippen LogP contribution in [0.5, 0.6) is 0 Å². The summed E-state index contributed by atoms with van der Waals surface area (Å²) in [5.41, 5.74) is 2.53. The van der Waals surface area contributed by atoms with Gasteiger partial charge in [-0.1, -0.05) is 49.1 Å². The van der Waals surface area contributed by atoms with Gasteiger partial charge in [0.05, 0.1) is 3.23 Å². The summed E-state index contributed by atoms with van der Waals surface area (Å²) in [4.78, 5) is 0. The number of alkyl halides is 2. The highest BCUT2D eigenvalue weighted by Gasteiger charge is 2.18. The molecular weight excluding hydrogens is 280 g/mol. The van der Waals surface area contributed by atoms with Crippen LogP contribution in [0, 0.1) is 0 Å². The van der Waals surface area contributed by atoms with Crippen molar-refractivity contribution in [1.82, 2.24) is 0 Å². The highest BCUT2D eigenvalue weighted by molar-refractivity contribution is 9.25. The van der Waals surface area contributed by atoms with Crippen molar-refractivity contribution >= 4 is 31.9 Å². The molecule has 0 unspecified atom stereocenters. The van der Waals surface area contributed by atoms with Crippen molar-refractivity contribution in [3.8, 4) is 0 Å². The molecule has 0 saturated heterocycles. The van der Waals surface area contributed by atoms with Gasteiger partial charge < -0.3 is 0 Å². The molecule has 2 heteroatoms. The molecule has 0 saturated carbocycles. The zero-order valence-corrected chi connectivity index (χ0v) is 11.1. The molecule has 0 heterocycles.